The van der Waals surface area contributed by atoms with Crippen molar-refractivity contribution in [2.24, 2.45) is 0 Å². The molecule has 6 heteroatoms. The first kappa shape index (κ1) is 16.3. The van der Waals surface area contributed by atoms with E-state index in [1.807, 2.05) is 12.1 Å². The van der Waals surface area contributed by atoms with E-state index >= 15 is 0 Å². The summed E-state index contributed by atoms with van der Waals surface area (Å²) in [5.74, 6) is 0.725. The first-order valence-electron chi connectivity index (χ1n) is 7.16. The first-order chi connectivity index (χ1) is 10.2. The van der Waals surface area contributed by atoms with Gasteiger partial charge in [-0.2, -0.15) is 0 Å². The molecule has 2 rings (SSSR count). The lowest BCUT2D eigenvalue weighted by Crippen LogP contribution is -2.28. The highest BCUT2D eigenvalue weighted by atomic mass is 79.9. The molecule has 0 aromatic heterocycles. The predicted octanol–water partition coefficient (Wildman–Crippen LogP) is 2.86. The Labute approximate surface area is 133 Å². The van der Waals surface area contributed by atoms with E-state index in [1.54, 1.807) is 7.11 Å². The second-order valence-electron chi connectivity index (χ2n) is 4.94. The van der Waals surface area contributed by atoms with Crippen LogP contribution in [0.2, 0.25) is 0 Å². The predicted molar refractivity (Wildman–Crippen MR) is 85.8 cm³/mol. The summed E-state index contributed by atoms with van der Waals surface area (Å²) in [7, 11) is 1.67. The van der Waals surface area contributed by atoms with Crippen molar-refractivity contribution in [3.05, 3.63) is 22.2 Å². The first-order valence-corrected chi connectivity index (χ1v) is 7.96. The number of methoxy groups -OCH3 is 1. The number of benzene rings is 1. The summed E-state index contributed by atoms with van der Waals surface area (Å²) in [6.07, 6.45) is 1.81. The van der Waals surface area contributed by atoms with Crippen molar-refractivity contribution >= 4 is 27.5 Å². The number of hydrogen-bond donors (Lipinski definition) is 2. The van der Waals surface area contributed by atoms with Gasteiger partial charge in [-0.15, -0.1) is 0 Å². The maximum Gasteiger partial charge on any atom is 0.246 e. The third-order valence-corrected chi connectivity index (χ3v) is 3.90. The second-order valence-corrected chi connectivity index (χ2v) is 5.80. The lowest BCUT2D eigenvalue weighted by atomic mass is 10.1. The van der Waals surface area contributed by atoms with Crippen molar-refractivity contribution < 1.29 is 14.3 Å². The average Bonchev–Trinajstić information content (AvgIpc) is 2.76. The van der Waals surface area contributed by atoms with E-state index in [4.69, 9.17) is 9.47 Å². The normalized spacial score (nSPS) is 16.7. The van der Waals surface area contributed by atoms with Crippen LogP contribution in [0.5, 0.6) is 5.75 Å². The molecule has 0 saturated carbocycles. The number of carbonyl (C=O) groups is 1. The molecule has 0 spiro atoms. The number of fused-ring (bicyclic) bond motifs is 1. The summed E-state index contributed by atoms with van der Waals surface area (Å²) in [6.45, 7) is 4.14. The molecule has 1 heterocycles. The van der Waals surface area contributed by atoms with Gasteiger partial charge in [-0.1, -0.05) is 6.92 Å². The number of halogens is 1. The fourth-order valence-electron chi connectivity index (χ4n) is 2.25. The van der Waals surface area contributed by atoms with E-state index < -0.39 is 0 Å². The Bertz CT molecular complexity index is 508. The van der Waals surface area contributed by atoms with Crippen molar-refractivity contribution in [3.63, 3.8) is 0 Å². The van der Waals surface area contributed by atoms with Crippen LogP contribution in [0.1, 0.15) is 31.4 Å². The van der Waals surface area contributed by atoms with E-state index in [0.29, 0.717) is 13.2 Å². The van der Waals surface area contributed by atoms with Gasteiger partial charge in [-0.25, -0.2) is 0 Å². The average molecular weight is 357 g/mol. The van der Waals surface area contributed by atoms with Gasteiger partial charge in [-0.3, -0.25) is 4.79 Å². The third-order valence-electron chi connectivity index (χ3n) is 3.28. The number of anilines is 1. The van der Waals surface area contributed by atoms with E-state index in [1.165, 1.54) is 0 Å². The summed E-state index contributed by atoms with van der Waals surface area (Å²) >= 11 is 3.51. The highest BCUT2D eigenvalue weighted by Gasteiger charge is 2.31. The molecule has 21 heavy (non-hydrogen) atoms. The summed E-state index contributed by atoms with van der Waals surface area (Å²) in [5.41, 5.74) is 1.78. The molecular formula is C15H21BrN2O3. The molecule has 0 fully saturated rings. The zero-order chi connectivity index (χ0) is 15.2. The largest absolute Gasteiger partial charge is 0.492 e. The number of carbonyl (C=O) groups excluding carboxylic acids is 1. The minimum Gasteiger partial charge on any atom is -0.492 e. The molecule has 1 aliphatic heterocycles. The van der Waals surface area contributed by atoms with Gasteiger partial charge >= 0.3 is 0 Å². The Hall–Kier alpha value is -1.11. The molecule has 1 aromatic rings. The van der Waals surface area contributed by atoms with Crippen molar-refractivity contribution in [1.29, 1.82) is 0 Å². The molecular weight excluding hydrogens is 336 g/mol. The van der Waals surface area contributed by atoms with E-state index in [-0.39, 0.29) is 11.9 Å². The number of nitrogens with one attached hydrogen (secondary N) is 2. The van der Waals surface area contributed by atoms with Gasteiger partial charge in [0.05, 0.1) is 11.1 Å². The Morgan fingerprint density at radius 3 is 2.90 bits per heavy atom. The topological polar surface area (TPSA) is 59.6 Å². The van der Waals surface area contributed by atoms with Crippen LogP contribution in [0.15, 0.2) is 16.6 Å². The smallest absolute Gasteiger partial charge is 0.246 e. The van der Waals surface area contributed by atoms with E-state index in [9.17, 15) is 4.79 Å². The van der Waals surface area contributed by atoms with Gasteiger partial charge in [0.15, 0.2) is 0 Å². The molecule has 1 atom stereocenters. The number of amides is 1. The minimum atomic E-state index is -0.279. The summed E-state index contributed by atoms with van der Waals surface area (Å²) in [5, 5.41) is 6.15. The number of rotatable bonds is 8. The summed E-state index contributed by atoms with van der Waals surface area (Å²) in [4.78, 5) is 12.0. The quantitative estimate of drug-likeness (QED) is 0.703. The maximum atomic E-state index is 12.0. The van der Waals surface area contributed by atoms with Crippen molar-refractivity contribution in [2.75, 3.05) is 32.2 Å². The Morgan fingerprint density at radius 2 is 2.19 bits per heavy atom. The lowest BCUT2D eigenvalue weighted by molar-refractivity contribution is -0.117. The van der Waals surface area contributed by atoms with Crippen LogP contribution < -0.4 is 15.4 Å². The molecule has 0 aliphatic carbocycles. The molecule has 1 unspecified atom stereocenters. The van der Waals surface area contributed by atoms with E-state index in [2.05, 4.69) is 33.5 Å². The molecule has 5 nitrogen and oxygen atoms in total. The zero-order valence-electron chi connectivity index (χ0n) is 12.4. The number of hydrogen-bond acceptors (Lipinski definition) is 4. The van der Waals surface area contributed by atoms with Gasteiger partial charge in [0, 0.05) is 37.5 Å². The maximum absolute atomic E-state index is 12.0. The van der Waals surface area contributed by atoms with Crippen molar-refractivity contribution in [1.82, 2.24) is 5.32 Å². The minimum absolute atomic E-state index is 0.0121. The van der Waals surface area contributed by atoms with Gasteiger partial charge in [0.2, 0.25) is 5.91 Å². The third kappa shape index (κ3) is 3.96. The SMILES string of the molecule is CCCNC1C(=O)Nc2cc(OCCCOC)c(Br)cc21. The molecule has 1 aliphatic rings. The Kier molecular flexibility index (Phi) is 6.02. The molecule has 116 valence electrons. The highest BCUT2D eigenvalue weighted by molar-refractivity contribution is 9.10. The standard InChI is InChI=1S/C15H21BrN2O3/c1-3-5-17-14-10-8-11(16)13(21-7-4-6-20-2)9-12(10)18-15(14)19/h8-9,14,17H,3-7H2,1-2H3,(H,18,19). The van der Waals surface area contributed by atoms with Crippen LogP contribution in [0, 0.1) is 0 Å². The molecule has 0 bridgehead atoms. The van der Waals surface area contributed by atoms with Crippen LogP contribution >= 0.6 is 15.9 Å². The van der Waals surface area contributed by atoms with Crippen molar-refractivity contribution in [2.45, 2.75) is 25.8 Å². The van der Waals surface area contributed by atoms with Crippen LogP contribution in [-0.2, 0) is 9.53 Å². The van der Waals surface area contributed by atoms with Gasteiger partial charge in [0.25, 0.3) is 0 Å². The van der Waals surface area contributed by atoms with Gasteiger partial charge < -0.3 is 20.1 Å². The second kappa shape index (κ2) is 7.77. The van der Waals surface area contributed by atoms with Crippen LogP contribution in [-0.4, -0.2) is 32.8 Å². The zero-order valence-corrected chi connectivity index (χ0v) is 14.0. The molecule has 2 N–H and O–H groups in total. The van der Waals surface area contributed by atoms with Gasteiger partial charge in [-0.05, 0) is 35.0 Å². The van der Waals surface area contributed by atoms with Gasteiger partial charge in [0.1, 0.15) is 11.8 Å². The lowest BCUT2D eigenvalue weighted by Gasteiger charge is -2.13. The monoisotopic (exact) mass is 356 g/mol. The van der Waals surface area contributed by atoms with Crippen molar-refractivity contribution in [3.8, 4) is 5.75 Å². The molecule has 1 amide bonds. The van der Waals surface area contributed by atoms with Crippen LogP contribution in [0.3, 0.4) is 0 Å². The fourth-order valence-corrected chi connectivity index (χ4v) is 2.72. The summed E-state index contributed by atoms with van der Waals surface area (Å²) in [6, 6.07) is 3.54. The molecule has 0 saturated heterocycles. The summed E-state index contributed by atoms with van der Waals surface area (Å²) < 4.78 is 11.6. The number of ether oxygens (including phenoxy) is 2. The Morgan fingerprint density at radius 1 is 1.38 bits per heavy atom. The highest BCUT2D eigenvalue weighted by Crippen LogP contribution is 2.38. The van der Waals surface area contributed by atoms with Crippen LogP contribution in [0.4, 0.5) is 5.69 Å². The van der Waals surface area contributed by atoms with E-state index in [0.717, 1.165) is 40.9 Å². The fraction of sp³-hybridized carbons (Fsp3) is 0.533. The molecule has 0 radical (unpaired) electrons. The Balaban J connectivity index is 2.09. The van der Waals surface area contributed by atoms with Crippen LogP contribution in [0.25, 0.3) is 0 Å². The molecule has 1 aromatic carbocycles.